The quantitative estimate of drug-likeness (QED) is 0.516. The maximum atomic E-state index is 14.6. The minimum Gasteiger partial charge on any atom is -0.483 e. The summed E-state index contributed by atoms with van der Waals surface area (Å²) in [7, 11) is 1.56. The highest BCUT2D eigenvalue weighted by Crippen LogP contribution is 2.32. The molecule has 1 fully saturated rings. The van der Waals surface area contributed by atoms with Crippen LogP contribution >= 0.6 is 0 Å². The highest BCUT2D eigenvalue weighted by atomic mass is 19.1. The molecule has 4 heterocycles. The van der Waals surface area contributed by atoms with E-state index in [1.165, 1.54) is 39.0 Å². The summed E-state index contributed by atoms with van der Waals surface area (Å²) in [6.07, 6.45) is 2.54. The average molecular weight is 542 g/mol. The summed E-state index contributed by atoms with van der Waals surface area (Å²) in [6, 6.07) is 3.47. The van der Waals surface area contributed by atoms with Crippen molar-refractivity contribution in [2.75, 3.05) is 20.1 Å². The number of hydrogen-bond acceptors (Lipinski definition) is 6. The smallest absolute Gasteiger partial charge is 0.341 e. The van der Waals surface area contributed by atoms with Crippen molar-refractivity contribution in [3.63, 3.8) is 0 Å². The number of aryl methyl sites for hydroxylation is 1. The van der Waals surface area contributed by atoms with Crippen molar-refractivity contribution < 1.29 is 27.5 Å². The van der Waals surface area contributed by atoms with Gasteiger partial charge in [0.1, 0.15) is 17.7 Å². The van der Waals surface area contributed by atoms with Crippen LogP contribution < -0.4 is 10.1 Å². The Morgan fingerprint density at radius 2 is 1.82 bits per heavy atom. The summed E-state index contributed by atoms with van der Waals surface area (Å²) in [5.74, 6) is -2.03. The molecule has 13 heteroatoms. The number of nitrogens with zero attached hydrogens (tertiary/aromatic N) is 6. The van der Waals surface area contributed by atoms with Crippen LogP contribution in [0, 0.1) is 31.3 Å². The summed E-state index contributed by atoms with van der Waals surface area (Å²) in [4.78, 5) is 30.5. The number of likely N-dealkylation sites (tertiary alicyclic amines) is 1. The number of benzene rings is 1. The van der Waals surface area contributed by atoms with Crippen LogP contribution in [0.2, 0.25) is 0 Å². The van der Waals surface area contributed by atoms with Crippen LogP contribution in [0.1, 0.15) is 35.0 Å². The monoisotopic (exact) mass is 541 g/mol. The van der Waals surface area contributed by atoms with E-state index in [9.17, 15) is 22.8 Å². The van der Waals surface area contributed by atoms with Crippen molar-refractivity contribution in [1.82, 2.24) is 30.0 Å². The Hall–Kier alpha value is -4.42. The van der Waals surface area contributed by atoms with Gasteiger partial charge in [-0.15, -0.1) is 0 Å². The molecule has 1 N–H and O–H groups in total. The Bertz CT molecular complexity index is 1450. The topological polar surface area (TPSA) is 105 Å². The SMILES string of the molecule is CNC(=O)Cc1c(C)nn(-c2cc(OC3CN(C(=O)N4N=CC[C@H]4c4cc(F)cc(F)c4)C3)c(F)cn2)c1C. The normalized spacial score (nSPS) is 16.9. The molecule has 5 rings (SSSR count). The molecular formula is C26H26F3N7O3. The Kier molecular flexibility index (Phi) is 6.98. The summed E-state index contributed by atoms with van der Waals surface area (Å²) in [6.45, 7) is 3.92. The predicted molar refractivity (Wildman–Crippen MR) is 134 cm³/mol. The number of aromatic nitrogens is 3. The maximum absolute atomic E-state index is 14.6. The second-order valence-corrected chi connectivity index (χ2v) is 9.41. The lowest BCUT2D eigenvalue weighted by atomic mass is 10.0. The minimum absolute atomic E-state index is 0.0511. The molecule has 10 nitrogen and oxygen atoms in total. The summed E-state index contributed by atoms with van der Waals surface area (Å²) < 4.78 is 49.3. The number of hydrazone groups is 1. The van der Waals surface area contributed by atoms with Crippen LogP contribution in [0.15, 0.2) is 35.6 Å². The Labute approximate surface area is 222 Å². The van der Waals surface area contributed by atoms with E-state index >= 15 is 0 Å². The van der Waals surface area contributed by atoms with Gasteiger partial charge in [-0.2, -0.15) is 10.2 Å². The van der Waals surface area contributed by atoms with E-state index in [4.69, 9.17) is 4.74 Å². The van der Waals surface area contributed by atoms with Crippen LogP contribution in [-0.2, 0) is 11.2 Å². The lowest BCUT2D eigenvalue weighted by Gasteiger charge is -2.41. The molecule has 39 heavy (non-hydrogen) atoms. The lowest BCUT2D eigenvalue weighted by Crippen LogP contribution is -2.58. The van der Waals surface area contributed by atoms with Gasteiger partial charge in [0.25, 0.3) is 0 Å². The Morgan fingerprint density at radius 3 is 2.51 bits per heavy atom. The van der Waals surface area contributed by atoms with E-state index in [1.807, 2.05) is 0 Å². The van der Waals surface area contributed by atoms with Crippen molar-refractivity contribution in [2.45, 2.75) is 38.8 Å². The first-order valence-corrected chi connectivity index (χ1v) is 12.3. The van der Waals surface area contributed by atoms with Crippen molar-refractivity contribution in [3.05, 3.63) is 70.4 Å². The van der Waals surface area contributed by atoms with Gasteiger partial charge in [-0.3, -0.25) is 4.79 Å². The standard InChI is InChI=1S/C26H26F3N7O3/c1-14-20(9-25(37)30-3)15(2)35(33-14)24-10-23(21(29)11-31-24)39-19-12-34(13-19)26(38)36-22(4-5-32-36)16-6-17(27)8-18(28)7-16/h5-8,10-11,19,22H,4,9,12-13H2,1-3H3,(H,30,37)/t22-/m0/s1. The van der Waals surface area contributed by atoms with Gasteiger partial charge in [0.15, 0.2) is 17.4 Å². The molecule has 0 spiro atoms. The number of hydrogen-bond donors (Lipinski definition) is 1. The third-order valence-corrected chi connectivity index (χ3v) is 6.79. The number of carbonyl (C=O) groups is 2. The van der Waals surface area contributed by atoms with Gasteiger partial charge in [-0.05, 0) is 31.5 Å². The van der Waals surface area contributed by atoms with Crippen LogP contribution in [0.4, 0.5) is 18.0 Å². The van der Waals surface area contributed by atoms with Crippen molar-refractivity contribution in [3.8, 4) is 11.6 Å². The molecule has 0 bridgehead atoms. The lowest BCUT2D eigenvalue weighted by molar-refractivity contribution is -0.119. The van der Waals surface area contributed by atoms with E-state index in [1.54, 1.807) is 20.9 Å². The number of urea groups is 1. The van der Waals surface area contributed by atoms with E-state index in [-0.39, 0.29) is 31.2 Å². The molecule has 1 atom stereocenters. The van der Waals surface area contributed by atoms with Gasteiger partial charge in [-0.25, -0.2) is 32.6 Å². The number of amides is 3. The van der Waals surface area contributed by atoms with Crippen LogP contribution in [0.25, 0.3) is 5.82 Å². The van der Waals surface area contributed by atoms with Crippen molar-refractivity contribution >= 4 is 18.2 Å². The molecule has 204 valence electrons. The first-order chi connectivity index (χ1) is 18.6. The largest absolute Gasteiger partial charge is 0.483 e. The highest BCUT2D eigenvalue weighted by Gasteiger charge is 2.39. The van der Waals surface area contributed by atoms with Gasteiger partial charge in [0.2, 0.25) is 5.91 Å². The Morgan fingerprint density at radius 1 is 1.10 bits per heavy atom. The fraction of sp³-hybridized carbons (Fsp3) is 0.346. The van der Waals surface area contributed by atoms with Gasteiger partial charge < -0.3 is 15.0 Å². The number of ether oxygens (including phenoxy) is 1. The summed E-state index contributed by atoms with van der Waals surface area (Å²) in [5, 5.41) is 12.3. The fourth-order valence-corrected chi connectivity index (χ4v) is 4.65. The Balaban J connectivity index is 1.25. The fourth-order valence-electron chi connectivity index (χ4n) is 4.65. The second-order valence-electron chi connectivity index (χ2n) is 9.41. The number of pyridine rings is 1. The molecule has 1 aromatic carbocycles. The van der Waals surface area contributed by atoms with Gasteiger partial charge in [0.05, 0.1) is 37.4 Å². The average Bonchev–Trinajstić information content (AvgIpc) is 3.47. The van der Waals surface area contributed by atoms with E-state index in [0.717, 1.165) is 17.8 Å². The third kappa shape index (κ3) is 5.16. The number of rotatable bonds is 6. The molecule has 2 aliphatic heterocycles. The molecule has 1 saturated heterocycles. The van der Waals surface area contributed by atoms with Crippen LogP contribution in [0.5, 0.6) is 5.75 Å². The van der Waals surface area contributed by atoms with E-state index in [2.05, 4.69) is 20.5 Å². The molecule has 2 aromatic heterocycles. The van der Waals surface area contributed by atoms with Crippen LogP contribution in [-0.4, -0.2) is 69.1 Å². The zero-order valence-corrected chi connectivity index (χ0v) is 21.5. The van der Waals surface area contributed by atoms with Crippen LogP contribution in [0.3, 0.4) is 0 Å². The molecular weight excluding hydrogens is 515 g/mol. The first kappa shape index (κ1) is 26.2. The molecule has 3 aromatic rings. The second kappa shape index (κ2) is 10.4. The zero-order valence-electron chi connectivity index (χ0n) is 21.5. The molecule has 0 aliphatic carbocycles. The molecule has 2 aliphatic rings. The minimum atomic E-state index is -0.733. The first-order valence-electron chi connectivity index (χ1n) is 12.3. The third-order valence-electron chi connectivity index (χ3n) is 6.79. The van der Waals surface area contributed by atoms with Gasteiger partial charge >= 0.3 is 6.03 Å². The highest BCUT2D eigenvalue weighted by molar-refractivity contribution is 5.79. The number of nitrogens with one attached hydrogen (secondary N) is 1. The molecule has 3 amide bonds. The molecule has 0 saturated carbocycles. The van der Waals surface area contributed by atoms with Crippen molar-refractivity contribution in [2.24, 2.45) is 5.10 Å². The molecule has 0 radical (unpaired) electrons. The van der Waals surface area contributed by atoms with Crippen molar-refractivity contribution in [1.29, 1.82) is 0 Å². The van der Waals surface area contributed by atoms with Gasteiger partial charge in [-0.1, -0.05) is 0 Å². The summed E-state index contributed by atoms with van der Waals surface area (Å²) >= 11 is 0. The predicted octanol–water partition coefficient (Wildman–Crippen LogP) is 3.21. The number of carbonyl (C=O) groups excluding carboxylic acids is 2. The van der Waals surface area contributed by atoms with E-state index in [0.29, 0.717) is 29.2 Å². The van der Waals surface area contributed by atoms with Gasteiger partial charge in [0, 0.05) is 43.1 Å². The number of halogens is 3. The summed E-state index contributed by atoms with van der Waals surface area (Å²) in [5.41, 5.74) is 2.41. The zero-order chi connectivity index (χ0) is 27.8. The van der Waals surface area contributed by atoms with E-state index < -0.39 is 35.6 Å². The molecule has 0 unspecified atom stereocenters. The number of likely N-dealkylation sites (N-methyl/N-ethyl adjacent to an activating group) is 1. The maximum Gasteiger partial charge on any atom is 0.341 e.